The molecule has 1 aromatic carbocycles. The lowest BCUT2D eigenvalue weighted by Gasteiger charge is -2.10. The highest BCUT2D eigenvalue weighted by molar-refractivity contribution is 7.21. The smallest absolute Gasteiger partial charge is 0.417 e. The third kappa shape index (κ3) is 4.55. The SMILES string of the molecule is CCOC(=O)c1ccc(NC(=O)c2sc3nc(-c4cccs4)cc(C(F)(F)F)c3c2N)cc1. The van der Waals surface area contributed by atoms with Crippen molar-refractivity contribution in [1.82, 2.24) is 4.98 Å². The number of nitrogens with two attached hydrogens (primary N) is 1. The Labute approximate surface area is 193 Å². The van der Waals surface area contributed by atoms with Gasteiger partial charge in [0.25, 0.3) is 5.91 Å². The van der Waals surface area contributed by atoms with Crippen molar-refractivity contribution < 1.29 is 27.5 Å². The van der Waals surface area contributed by atoms with Crippen LogP contribution in [-0.2, 0) is 10.9 Å². The van der Waals surface area contributed by atoms with Gasteiger partial charge in [-0.2, -0.15) is 13.2 Å². The first-order valence-electron chi connectivity index (χ1n) is 9.61. The Morgan fingerprint density at radius 3 is 2.52 bits per heavy atom. The van der Waals surface area contributed by atoms with Gasteiger partial charge in [-0.1, -0.05) is 6.07 Å². The van der Waals surface area contributed by atoms with Crippen molar-refractivity contribution in [1.29, 1.82) is 0 Å². The zero-order chi connectivity index (χ0) is 23.8. The number of alkyl halides is 3. The van der Waals surface area contributed by atoms with Crippen LogP contribution in [0.1, 0.15) is 32.5 Å². The molecule has 1 amide bonds. The first kappa shape index (κ1) is 22.7. The molecule has 0 bridgehead atoms. The number of thiophene rings is 2. The molecule has 4 aromatic rings. The van der Waals surface area contributed by atoms with Crippen molar-refractivity contribution in [2.24, 2.45) is 0 Å². The highest BCUT2D eigenvalue weighted by Gasteiger charge is 2.36. The van der Waals surface area contributed by atoms with Crippen molar-refractivity contribution in [2.45, 2.75) is 13.1 Å². The monoisotopic (exact) mass is 491 g/mol. The van der Waals surface area contributed by atoms with E-state index in [1.165, 1.54) is 35.6 Å². The molecule has 0 saturated heterocycles. The number of benzene rings is 1. The largest absolute Gasteiger partial charge is 0.462 e. The summed E-state index contributed by atoms with van der Waals surface area (Å²) in [4.78, 5) is 29.4. The fraction of sp³-hybridized carbons (Fsp3) is 0.136. The summed E-state index contributed by atoms with van der Waals surface area (Å²) in [7, 11) is 0. The van der Waals surface area contributed by atoms with Gasteiger partial charge >= 0.3 is 12.1 Å². The number of ether oxygens (including phenoxy) is 1. The lowest BCUT2D eigenvalue weighted by atomic mass is 10.1. The van der Waals surface area contributed by atoms with Crippen LogP contribution in [0.25, 0.3) is 20.8 Å². The van der Waals surface area contributed by atoms with Gasteiger partial charge in [0.1, 0.15) is 9.71 Å². The van der Waals surface area contributed by atoms with Crippen LogP contribution in [0.3, 0.4) is 0 Å². The topological polar surface area (TPSA) is 94.3 Å². The van der Waals surface area contributed by atoms with E-state index in [0.29, 0.717) is 16.1 Å². The number of rotatable bonds is 5. The second kappa shape index (κ2) is 8.83. The lowest BCUT2D eigenvalue weighted by molar-refractivity contribution is -0.136. The van der Waals surface area contributed by atoms with Gasteiger partial charge in [-0.15, -0.1) is 22.7 Å². The molecule has 11 heteroatoms. The number of carbonyl (C=O) groups is 2. The van der Waals surface area contributed by atoms with Crippen LogP contribution in [0.5, 0.6) is 0 Å². The number of halogens is 3. The number of esters is 1. The summed E-state index contributed by atoms with van der Waals surface area (Å²) in [5.74, 6) is -1.18. The number of nitrogen functional groups attached to an aromatic ring is 1. The maximum atomic E-state index is 13.8. The molecule has 4 rings (SSSR count). The number of pyridine rings is 1. The van der Waals surface area contributed by atoms with Crippen LogP contribution >= 0.6 is 22.7 Å². The molecule has 0 saturated carbocycles. The van der Waals surface area contributed by atoms with Crippen LogP contribution in [0.15, 0.2) is 47.8 Å². The molecule has 3 N–H and O–H groups in total. The maximum absolute atomic E-state index is 13.8. The van der Waals surface area contributed by atoms with E-state index in [0.717, 1.165) is 17.4 Å². The number of amides is 1. The predicted molar refractivity (Wildman–Crippen MR) is 123 cm³/mol. The summed E-state index contributed by atoms with van der Waals surface area (Å²) in [6.45, 7) is 1.91. The van der Waals surface area contributed by atoms with Crippen LogP contribution in [0.2, 0.25) is 0 Å². The van der Waals surface area contributed by atoms with E-state index in [2.05, 4.69) is 10.3 Å². The summed E-state index contributed by atoms with van der Waals surface area (Å²) in [6.07, 6.45) is -4.68. The Morgan fingerprint density at radius 1 is 1.18 bits per heavy atom. The molecule has 0 radical (unpaired) electrons. The third-order valence-electron chi connectivity index (χ3n) is 4.64. The average molecular weight is 492 g/mol. The van der Waals surface area contributed by atoms with Crippen molar-refractivity contribution in [3.8, 4) is 10.6 Å². The fourth-order valence-corrected chi connectivity index (χ4v) is 4.86. The fourth-order valence-electron chi connectivity index (χ4n) is 3.16. The molecule has 6 nitrogen and oxygen atoms in total. The van der Waals surface area contributed by atoms with E-state index >= 15 is 0 Å². The predicted octanol–water partition coefficient (Wildman–Crippen LogP) is 6.05. The van der Waals surface area contributed by atoms with Crippen LogP contribution in [0, 0.1) is 0 Å². The first-order chi connectivity index (χ1) is 15.7. The Kier molecular flexibility index (Phi) is 6.09. The zero-order valence-corrected chi connectivity index (χ0v) is 18.7. The van der Waals surface area contributed by atoms with Crippen LogP contribution < -0.4 is 11.1 Å². The van der Waals surface area contributed by atoms with Gasteiger partial charge in [-0.3, -0.25) is 4.79 Å². The summed E-state index contributed by atoms with van der Waals surface area (Å²) in [5.41, 5.74) is 5.58. The number of aromatic nitrogens is 1. The van der Waals surface area contributed by atoms with Crippen molar-refractivity contribution in [2.75, 3.05) is 17.7 Å². The van der Waals surface area contributed by atoms with Gasteiger partial charge in [0.2, 0.25) is 0 Å². The van der Waals surface area contributed by atoms with E-state index in [4.69, 9.17) is 10.5 Å². The van der Waals surface area contributed by atoms with E-state index in [9.17, 15) is 22.8 Å². The van der Waals surface area contributed by atoms with E-state index in [1.54, 1.807) is 24.4 Å². The summed E-state index contributed by atoms with van der Waals surface area (Å²) >= 11 is 2.05. The van der Waals surface area contributed by atoms with E-state index in [-0.39, 0.29) is 33.1 Å². The van der Waals surface area contributed by atoms with Gasteiger partial charge in [-0.05, 0) is 48.7 Å². The Morgan fingerprint density at radius 2 is 1.91 bits per heavy atom. The van der Waals surface area contributed by atoms with Crippen molar-refractivity contribution in [3.63, 3.8) is 0 Å². The standard InChI is InChI=1S/C22H16F3N3O3S2/c1-2-31-21(30)11-5-7-12(8-6-11)27-19(29)18-17(26)16-13(22(23,24)25)10-14(28-20(16)33-18)15-4-3-9-32-15/h3-10H,2,26H2,1H3,(H,27,29). The number of carbonyl (C=O) groups excluding carboxylic acids is 2. The molecule has 0 unspecified atom stereocenters. The summed E-state index contributed by atoms with van der Waals surface area (Å²) in [5, 5.41) is 4.03. The lowest BCUT2D eigenvalue weighted by Crippen LogP contribution is -2.13. The summed E-state index contributed by atoms with van der Waals surface area (Å²) in [6, 6.07) is 10.3. The second-order valence-electron chi connectivity index (χ2n) is 6.81. The second-order valence-corrected chi connectivity index (χ2v) is 8.75. The number of nitrogens with zero attached hydrogens (tertiary/aromatic N) is 1. The highest BCUT2D eigenvalue weighted by atomic mass is 32.1. The van der Waals surface area contributed by atoms with E-state index < -0.39 is 23.6 Å². The Balaban J connectivity index is 1.70. The number of nitrogens with one attached hydrogen (secondary N) is 1. The molecule has 0 aliphatic rings. The molecule has 0 fully saturated rings. The molecular weight excluding hydrogens is 475 g/mol. The van der Waals surface area contributed by atoms with E-state index in [1.807, 2.05) is 0 Å². The minimum absolute atomic E-state index is 0.0218. The number of hydrogen-bond acceptors (Lipinski definition) is 7. The number of anilines is 2. The van der Waals surface area contributed by atoms with Gasteiger partial charge in [0.15, 0.2) is 0 Å². The minimum atomic E-state index is -4.68. The minimum Gasteiger partial charge on any atom is -0.462 e. The highest BCUT2D eigenvalue weighted by Crippen LogP contribution is 2.44. The molecule has 0 aliphatic carbocycles. The van der Waals surface area contributed by atoms with Crippen LogP contribution in [-0.4, -0.2) is 23.5 Å². The normalized spacial score (nSPS) is 11.5. The molecular formula is C22H16F3N3O3S2. The molecule has 3 heterocycles. The quantitative estimate of drug-likeness (QED) is 0.331. The molecule has 0 aliphatic heterocycles. The number of hydrogen-bond donors (Lipinski definition) is 2. The summed E-state index contributed by atoms with van der Waals surface area (Å²) < 4.78 is 46.4. The van der Waals surface area contributed by atoms with Crippen molar-refractivity contribution in [3.05, 3.63) is 63.8 Å². The Hall–Kier alpha value is -3.44. The maximum Gasteiger partial charge on any atom is 0.417 e. The van der Waals surface area contributed by atoms with Gasteiger partial charge < -0.3 is 15.8 Å². The molecule has 3 aromatic heterocycles. The van der Waals surface area contributed by atoms with Gasteiger partial charge in [0.05, 0.1) is 34.0 Å². The van der Waals surface area contributed by atoms with Gasteiger partial charge in [-0.25, -0.2) is 9.78 Å². The van der Waals surface area contributed by atoms with Crippen LogP contribution in [0.4, 0.5) is 24.5 Å². The van der Waals surface area contributed by atoms with Crippen molar-refractivity contribution >= 4 is 56.1 Å². The van der Waals surface area contributed by atoms with Gasteiger partial charge in [0, 0.05) is 11.1 Å². The molecule has 0 spiro atoms. The number of fused-ring (bicyclic) bond motifs is 1. The average Bonchev–Trinajstić information content (AvgIpc) is 3.42. The Bertz CT molecular complexity index is 1330. The molecule has 170 valence electrons. The first-order valence-corrected chi connectivity index (χ1v) is 11.3. The molecule has 0 atom stereocenters. The molecule has 33 heavy (non-hydrogen) atoms. The third-order valence-corrected chi connectivity index (χ3v) is 6.63. The zero-order valence-electron chi connectivity index (χ0n) is 17.0.